The van der Waals surface area contributed by atoms with E-state index in [1.807, 2.05) is 44.2 Å². The van der Waals surface area contributed by atoms with Crippen molar-refractivity contribution in [3.63, 3.8) is 0 Å². The van der Waals surface area contributed by atoms with E-state index in [1.165, 1.54) is 23.9 Å². The van der Waals surface area contributed by atoms with Gasteiger partial charge in [0.2, 0.25) is 5.43 Å². The van der Waals surface area contributed by atoms with Crippen LogP contribution in [0, 0.1) is 0 Å². The van der Waals surface area contributed by atoms with Gasteiger partial charge in [0.25, 0.3) is 11.8 Å². The smallest absolute Gasteiger partial charge is 0.259 e. The highest BCUT2D eigenvalue weighted by Gasteiger charge is 2.25. The fourth-order valence-electron chi connectivity index (χ4n) is 4.24. The molecule has 33 heavy (non-hydrogen) atoms. The Bertz CT molecular complexity index is 992. The monoisotopic (exact) mass is 453 g/mol. The molecule has 1 saturated carbocycles. The highest BCUT2D eigenvalue weighted by molar-refractivity contribution is 5.99. The lowest BCUT2D eigenvalue weighted by molar-refractivity contribution is 0.0705. The number of carbonyl (C=O) groups is 2. The molecular formula is C26H35N3O4. The van der Waals surface area contributed by atoms with Crippen molar-refractivity contribution in [1.29, 1.82) is 0 Å². The van der Waals surface area contributed by atoms with Gasteiger partial charge in [0.15, 0.2) is 0 Å². The first-order chi connectivity index (χ1) is 15.9. The van der Waals surface area contributed by atoms with Gasteiger partial charge in [0.05, 0.1) is 6.61 Å². The predicted octanol–water partition coefficient (Wildman–Crippen LogP) is 3.52. The minimum Gasteiger partial charge on any atom is -0.395 e. The summed E-state index contributed by atoms with van der Waals surface area (Å²) in [6, 6.07) is 9.43. The molecule has 2 amide bonds. The maximum Gasteiger partial charge on any atom is 0.259 e. The fraction of sp³-hybridized carbons (Fsp3) is 0.500. The topological polar surface area (TPSA) is 91.6 Å². The highest BCUT2D eigenvalue weighted by Crippen LogP contribution is 2.18. The lowest BCUT2D eigenvalue weighted by Crippen LogP contribution is -2.41. The van der Waals surface area contributed by atoms with Crippen molar-refractivity contribution >= 4 is 11.8 Å². The molecule has 1 aromatic carbocycles. The van der Waals surface area contributed by atoms with E-state index in [2.05, 4.69) is 5.32 Å². The van der Waals surface area contributed by atoms with Crippen LogP contribution in [0.1, 0.15) is 84.7 Å². The summed E-state index contributed by atoms with van der Waals surface area (Å²) in [5.74, 6) is -0.913. The summed E-state index contributed by atoms with van der Waals surface area (Å²) in [6.45, 7) is 3.99. The van der Waals surface area contributed by atoms with Crippen LogP contribution in [0.2, 0.25) is 0 Å². The van der Waals surface area contributed by atoms with Gasteiger partial charge in [-0.2, -0.15) is 0 Å². The molecule has 1 fully saturated rings. The molecule has 0 unspecified atom stereocenters. The zero-order chi connectivity index (χ0) is 23.8. The van der Waals surface area contributed by atoms with Crippen LogP contribution in [0.3, 0.4) is 0 Å². The van der Waals surface area contributed by atoms with Gasteiger partial charge >= 0.3 is 0 Å². The third-order valence-electron chi connectivity index (χ3n) is 6.18. The number of pyridine rings is 1. The van der Waals surface area contributed by atoms with E-state index in [-0.39, 0.29) is 42.9 Å². The molecule has 0 atom stereocenters. The Morgan fingerprint density at radius 1 is 1.06 bits per heavy atom. The molecule has 1 aliphatic carbocycles. The number of aliphatic hydroxyl groups excluding tert-OH is 1. The van der Waals surface area contributed by atoms with Gasteiger partial charge in [0, 0.05) is 37.6 Å². The van der Waals surface area contributed by atoms with Crippen molar-refractivity contribution in [2.45, 2.75) is 71.0 Å². The summed E-state index contributed by atoms with van der Waals surface area (Å²) in [4.78, 5) is 41.3. The van der Waals surface area contributed by atoms with Crippen molar-refractivity contribution in [3.05, 3.63) is 69.6 Å². The van der Waals surface area contributed by atoms with Crippen LogP contribution in [-0.2, 0) is 6.54 Å². The molecule has 0 bridgehead atoms. The first kappa shape index (κ1) is 24.7. The molecule has 0 spiro atoms. The Morgan fingerprint density at radius 2 is 1.70 bits per heavy atom. The lowest BCUT2D eigenvalue weighted by atomic mass is 10.1. The van der Waals surface area contributed by atoms with Crippen molar-refractivity contribution in [2.24, 2.45) is 0 Å². The summed E-state index contributed by atoms with van der Waals surface area (Å²) in [6.07, 6.45) is 9.34. The Hall–Kier alpha value is -2.93. The summed E-state index contributed by atoms with van der Waals surface area (Å²) in [5.41, 5.74) is 0.258. The van der Waals surface area contributed by atoms with Gasteiger partial charge < -0.3 is 19.9 Å². The largest absolute Gasteiger partial charge is 0.395 e. The number of carbonyl (C=O) groups excluding carboxylic acids is 2. The quantitative estimate of drug-likeness (QED) is 0.599. The summed E-state index contributed by atoms with van der Waals surface area (Å²) < 4.78 is 1.73. The highest BCUT2D eigenvalue weighted by atomic mass is 16.3. The Kier molecular flexibility index (Phi) is 8.83. The van der Waals surface area contributed by atoms with E-state index in [0.717, 1.165) is 31.2 Å². The van der Waals surface area contributed by atoms with Crippen LogP contribution >= 0.6 is 0 Å². The zero-order valence-corrected chi connectivity index (χ0v) is 19.6. The second-order valence-electron chi connectivity index (χ2n) is 9.05. The van der Waals surface area contributed by atoms with Gasteiger partial charge in [-0.15, -0.1) is 0 Å². The van der Waals surface area contributed by atoms with Gasteiger partial charge in [-0.1, -0.05) is 56.0 Å². The Labute approximate surface area is 195 Å². The van der Waals surface area contributed by atoms with Crippen molar-refractivity contribution in [1.82, 2.24) is 14.8 Å². The number of amides is 2. The third-order valence-corrected chi connectivity index (χ3v) is 6.18. The summed E-state index contributed by atoms with van der Waals surface area (Å²) in [7, 11) is 0. The first-order valence-corrected chi connectivity index (χ1v) is 11.9. The first-order valence-electron chi connectivity index (χ1n) is 11.9. The number of hydrogen-bond acceptors (Lipinski definition) is 4. The van der Waals surface area contributed by atoms with Crippen LogP contribution in [-0.4, -0.2) is 45.6 Å². The maximum atomic E-state index is 13.4. The molecule has 0 aliphatic heterocycles. The number of nitrogens with zero attached hydrogens (tertiary/aromatic N) is 2. The number of aliphatic hydroxyl groups is 1. The van der Waals surface area contributed by atoms with E-state index < -0.39 is 17.2 Å². The lowest BCUT2D eigenvalue weighted by Gasteiger charge is -2.23. The van der Waals surface area contributed by atoms with Gasteiger partial charge in [-0.3, -0.25) is 14.4 Å². The molecule has 7 heteroatoms. The minimum absolute atomic E-state index is 0.0116. The van der Waals surface area contributed by atoms with E-state index in [9.17, 15) is 19.5 Å². The number of nitrogens with one attached hydrogen (secondary N) is 1. The number of aromatic nitrogens is 1. The molecule has 3 rings (SSSR count). The molecule has 1 aliphatic rings. The molecule has 0 radical (unpaired) electrons. The summed E-state index contributed by atoms with van der Waals surface area (Å²) >= 11 is 0. The van der Waals surface area contributed by atoms with Crippen molar-refractivity contribution < 1.29 is 14.7 Å². The Morgan fingerprint density at radius 3 is 2.30 bits per heavy atom. The van der Waals surface area contributed by atoms with Crippen LogP contribution in [0.25, 0.3) is 0 Å². The van der Waals surface area contributed by atoms with Crippen molar-refractivity contribution in [2.75, 3.05) is 13.2 Å². The summed E-state index contributed by atoms with van der Waals surface area (Å²) in [5, 5.41) is 12.6. The molecule has 1 aromatic heterocycles. The SMILES string of the molecule is CC(C)n1cc(C(=O)NC2CCCCCC2)c(=O)c(C(=O)N(CCO)Cc2ccccc2)c1. The molecule has 2 aromatic rings. The normalized spacial score (nSPS) is 14.7. The standard InChI is InChI=1S/C26H35N3O4/c1-19(2)29-17-22(25(32)27-21-12-8-3-4-9-13-21)24(31)23(18-29)26(33)28(14-15-30)16-20-10-6-5-7-11-20/h5-7,10-11,17-19,21,30H,3-4,8-9,12-16H2,1-2H3,(H,27,32). The van der Waals surface area contributed by atoms with Gasteiger partial charge in [-0.05, 0) is 32.3 Å². The molecule has 178 valence electrons. The number of benzene rings is 1. The van der Waals surface area contributed by atoms with E-state index >= 15 is 0 Å². The average Bonchev–Trinajstić information content (AvgIpc) is 3.07. The van der Waals surface area contributed by atoms with Crippen LogP contribution in [0.4, 0.5) is 0 Å². The van der Waals surface area contributed by atoms with E-state index in [0.29, 0.717) is 0 Å². The fourth-order valence-corrected chi connectivity index (χ4v) is 4.24. The predicted molar refractivity (Wildman–Crippen MR) is 128 cm³/mol. The van der Waals surface area contributed by atoms with E-state index in [4.69, 9.17) is 0 Å². The minimum atomic E-state index is -0.570. The van der Waals surface area contributed by atoms with Crippen LogP contribution < -0.4 is 10.7 Å². The molecular weight excluding hydrogens is 418 g/mol. The van der Waals surface area contributed by atoms with Gasteiger partial charge in [0.1, 0.15) is 11.1 Å². The second kappa shape index (κ2) is 11.8. The zero-order valence-electron chi connectivity index (χ0n) is 19.6. The van der Waals surface area contributed by atoms with Crippen molar-refractivity contribution in [3.8, 4) is 0 Å². The number of hydrogen-bond donors (Lipinski definition) is 2. The van der Waals surface area contributed by atoms with Gasteiger partial charge in [-0.25, -0.2) is 0 Å². The van der Waals surface area contributed by atoms with Crippen LogP contribution in [0.5, 0.6) is 0 Å². The molecule has 1 heterocycles. The Balaban J connectivity index is 1.92. The molecule has 0 saturated heterocycles. The number of rotatable bonds is 8. The van der Waals surface area contributed by atoms with Crippen LogP contribution in [0.15, 0.2) is 47.5 Å². The third kappa shape index (κ3) is 6.54. The second-order valence-corrected chi connectivity index (χ2v) is 9.05. The van der Waals surface area contributed by atoms with E-state index in [1.54, 1.807) is 10.8 Å². The molecule has 7 nitrogen and oxygen atoms in total. The average molecular weight is 454 g/mol. The molecule has 2 N–H and O–H groups in total. The maximum absolute atomic E-state index is 13.4.